The molecule has 0 spiro atoms. The van der Waals surface area contributed by atoms with E-state index in [0.717, 1.165) is 5.56 Å². The third kappa shape index (κ3) is 13.5. The quantitative estimate of drug-likeness (QED) is 0.155. The van der Waals surface area contributed by atoms with Crippen molar-refractivity contribution in [2.45, 2.75) is 65.1 Å². The van der Waals surface area contributed by atoms with E-state index in [4.69, 9.17) is 5.11 Å². The van der Waals surface area contributed by atoms with Crippen molar-refractivity contribution in [2.75, 3.05) is 19.6 Å². The number of carbonyl (C=O) groups excluding carboxylic acids is 5. The third-order valence-corrected chi connectivity index (χ3v) is 5.38. The maximum atomic E-state index is 12.7. The fourth-order valence-electron chi connectivity index (χ4n) is 3.30. The molecule has 2 atom stereocenters. The molecule has 1 rings (SSSR count). The average molecular weight is 534 g/mol. The maximum Gasteiger partial charge on any atom is 0.303 e. The molecule has 4 amide bonds. The highest BCUT2D eigenvalue weighted by atomic mass is 16.4. The topological polar surface area (TPSA) is 183 Å². The van der Waals surface area contributed by atoms with Gasteiger partial charge in [0.2, 0.25) is 23.6 Å². The predicted octanol–water partition coefficient (Wildman–Crippen LogP) is -0.481. The number of ketones is 1. The van der Waals surface area contributed by atoms with E-state index in [0.29, 0.717) is 0 Å². The van der Waals surface area contributed by atoms with Crippen LogP contribution in [-0.2, 0) is 35.2 Å². The second-order valence-corrected chi connectivity index (χ2v) is 9.45. The van der Waals surface area contributed by atoms with Crippen molar-refractivity contribution in [3.05, 3.63) is 35.9 Å². The normalized spacial score (nSPS) is 12.4. The van der Waals surface area contributed by atoms with Gasteiger partial charge in [0.15, 0.2) is 5.78 Å². The molecular weight excluding hydrogens is 494 g/mol. The van der Waals surface area contributed by atoms with Gasteiger partial charge in [-0.05, 0) is 12.0 Å². The number of carbonyl (C=O) groups is 6. The number of hydrogen-bond acceptors (Lipinski definition) is 7. The molecule has 0 bridgehead atoms. The lowest BCUT2D eigenvalue weighted by atomic mass is 10.0. The smallest absolute Gasteiger partial charge is 0.303 e. The van der Waals surface area contributed by atoms with Gasteiger partial charge in [-0.15, -0.1) is 0 Å². The summed E-state index contributed by atoms with van der Waals surface area (Å²) in [5, 5.41) is 21.8. The van der Waals surface area contributed by atoms with Gasteiger partial charge >= 0.3 is 5.97 Å². The Morgan fingerprint density at radius 1 is 0.763 bits per heavy atom. The van der Waals surface area contributed by atoms with Crippen LogP contribution in [0.3, 0.4) is 0 Å². The van der Waals surface area contributed by atoms with Crippen LogP contribution in [0.15, 0.2) is 30.3 Å². The molecule has 12 nitrogen and oxygen atoms in total. The summed E-state index contributed by atoms with van der Waals surface area (Å²) in [5.41, 5.74) is 0.794. The van der Waals surface area contributed by atoms with Crippen LogP contribution in [0.2, 0.25) is 0 Å². The highest BCUT2D eigenvalue weighted by Crippen LogP contribution is 2.04. The van der Waals surface area contributed by atoms with E-state index in [1.165, 1.54) is 0 Å². The molecule has 0 aliphatic heterocycles. The van der Waals surface area contributed by atoms with E-state index in [-0.39, 0.29) is 43.6 Å². The van der Waals surface area contributed by atoms with Gasteiger partial charge in [-0.2, -0.15) is 0 Å². The number of aliphatic carboxylic acids is 1. The Bertz CT molecular complexity index is 966. The lowest BCUT2D eigenvalue weighted by Crippen LogP contribution is -2.52. The zero-order valence-corrected chi connectivity index (χ0v) is 22.3. The molecule has 0 aliphatic carbocycles. The van der Waals surface area contributed by atoms with Crippen molar-refractivity contribution in [2.24, 2.45) is 5.92 Å². The molecule has 210 valence electrons. The molecule has 0 fully saturated rings. The van der Waals surface area contributed by atoms with Gasteiger partial charge in [0.1, 0.15) is 6.04 Å². The lowest BCUT2D eigenvalue weighted by Gasteiger charge is -2.20. The van der Waals surface area contributed by atoms with E-state index in [1.807, 2.05) is 6.07 Å². The van der Waals surface area contributed by atoms with Crippen LogP contribution in [0.1, 0.15) is 46.1 Å². The van der Waals surface area contributed by atoms with Crippen molar-refractivity contribution in [3.8, 4) is 0 Å². The van der Waals surface area contributed by atoms with Crippen LogP contribution in [0.5, 0.6) is 0 Å². The van der Waals surface area contributed by atoms with Gasteiger partial charge in [0.05, 0.1) is 25.7 Å². The summed E-state index contributed by atoms with van der Waals surface area (Å²) in [7, 11) is 0. The summed E-state index contributed by atoms with van der Waals surface area (Å²) in [6, 6.07) is 7.17. The van der Waals surface area contributed by atoms with E-state index in [2.05, 4.69) is 26.6 Å². The van der Waals surface area contributed by atoms with Crippen molar-refractivity contribution in [1.29, 1.82) is 0 Å². The number of carboxylic acid groups (broad SMARTS) is 1. The molecule has 0 saturated carbocycles. The molecule has 0 radical (unpaired) electrons. The number of nitrogens with one attached hydrogen (secondary N) is 5. The number of benzene rings is 1. The molecule has 0 saturated heterocycles. The molecule has 6 N–H and O–H groups in total. The minimum Gasteiger partial charge on any atom is -0.481 e. The summed E-state index contributed by atoms with van der Waals surface area (Å²) >= 11 is 0. The number of amides is 4. The van der Waals surface area contributed by atoms with Crippen LogP contribution in [-0.4, -0.2) is 78.2 Å². The van der Waals surface area contributed by atoms with E-state index in [9.17, 15) is 28.8 Å². The van der Waals surface area contributed by atoms with Gasteiger partial charge in [-0.3, -0.25) is 28.8 Å². The zero-order valence-electron chi connectivity index (χ0n) is 22.3. The number of hydrogen-bond donors (Lipinski definition) is 6. The van der Waals surface area contributed by atoms with Gasteiger partial charge in [-0.25, -0.2) is 0 Å². The molecule has 0 heterocycles. The standard InChI is InChI=1S/C26H39N5O7/c1-16(2)21(32)13-28-26(38)20(12-18-8-6-5-7-9-18)31-23(34)15-27-22(33)14-29-25(37)19(30-17(3)4)10-11-24(35)36/h5-9,16-17,19-20,30H,10-15H2,1-4H3,(H,27,33)(H,28,38)(H,29,37)(H,31,34)(H,35,36). The SMILES string of the molecule is CC(C)NC(CCC(=O)O)C(=O)NCC(=O)NCC(=O)NC(Cc1ccccc1)C(=O)NCC(=O)C(C)C. The number of Topliss-reactive ketones (excluding diaryl/α,β-unsaturated/α-hetero) is 1. The monoisotopic (exact) mass is 533 g/mol. The highest BCUT2D eigenvalue weighted by molar-refractivity contribution is 5.93. The summed E-state index contributed by atoms with van der Waals surface area (Å²) in [6.45, 7) is 6.04. The first-order chi connectivity index (χ1) is 17.9. The summed E-state index contributed by atoms with van der Waals surface area (Å²) in [4.78, 5) is 72.5. The van der Waals surface area contributed by atoms with Crippen LogP contribution < -0.4 is 26.6 Å². The number of carboxylic acids is 1. The van der Waals surface area contributed by atoms with Crippen molar-refractivity contribution >= 4 is 35.4 Å². The van der Waals surface area contributed by atoms with Crippen LogP contribution in [0.4, 0.5) is 0 Å². The van der Waals surface area contributed by atoms with Gasteiger partial charge < -0.3 is 31.7 Å². The molecule has 38 heavy (non-hydrogen) atoms. The van der Waals surface area contributed by atoms with Gasteiger partial charge in [-0.1, -0.05) is 58.0 Å². The summed E-state index contributed by atoms with van der Waals surface area (Å²) in [5.74, 6) is -3.76. The number of rotatable bonds is 17. The van der Waals surface area contributed by atoms with Crippen LogP contribution in [0.25, 0.3) is 0 Å². The largest absolute Gasteiger partial charge is 0.481 e. The first kappa shape index (κ1) is 32.2. The molecule has 0 aromatic heterocycles. The highest BCUT2D eigenvalue weighted by Gasteiger charge is 2.23. The molecule has 1 aromatic rings. The van der Waals surface area contributed by atoms with Crippen molar-refractivity contribution in [1.82, 2.24) is 26.6 Å². The Morgan fingerprint density at radius 2 is 1.34 bits per heavy atom. The Labute approximate surface area is 222 Å². The van der Waals surface area contributed by atoms with Crippen molar-refractivity contribution < 1.29 is 33.9 Å². The summed E-state index contributed by atoms with van der Waals surface area (Å²) < 4.78 is 0. The molecule has 2 unspecified atom stereocenters. The fourth-order valence-corrected chi connectivity index (χ4v) is 3.30. The van der Waals surface area contributed by atoms with E-state index >= 15 is 0 Å². The zero-order chi connectivity index (χ0) is 28.7. The Hall–Kier alpha value is -3.80. The Balaban J connectivity index is 2.63. The minimum absolute atomic E-state index is 0.0526. The lowest BCUT2D eigenvalue weighted by molar-refractivity contribution is -0.137. The first-order valence-corrected chi connectivity index (χ1v) is 12.5. The van der Waals surface area contributed by atoms with Crippen LogP contribution in [0, 0.1) is 5.92 Å². The van der Waals surface area contributed by atoms with Crippen molar-refractivity contribution in [3.63, 3.8) is 0 Å². The summed E-state index contributed by atoms with van der Waals surface area (Å²) in [6.07, 6.45) is 0.0173. The molecule has 0 aliphatic rings. The van der Waals surface area contributed by atoms with Gasteiger partial charge in [0.25, 0.3) is 0 Å². The Morgan fingerprint density at radius 3 is 1.92 bits per heavy atom. The van der Waals surface area contributed by atoms with Crippen LogP contribution >= 0.6 is 0 Å². The fraction of sp³-hybridized carbons (Fsp3) is 0.538. The minimum atomic E-state index is -1.04. The van der Waals surface area contributed by atoms with E-state index < -0.39 is 54.8 Å². The third-order valence-electron chi connectivity index (χ3n) is 5.38. The second kappa shape index (κ2) is 16.8. The Kier molecular flexibility index (Phi) is 14.3. The van der Waals surface area contributed by atoms with E-state index in [1.54, 1.807) is 52.0 Å². The first-order valence-electron chi connectivity index (χ1n) is 12.5. The molecule has 12 heteroatoms. The second-order valence-electron chi connectivity index (χ2n) is 9.45. The van der Waals surface area contributed by atoms with Gasteiger partial charge in [0, 0.05) is 24.8 Å². The molecule has 1 aromatic carbocycles. The maximum absolute atomic E-state index is 12.7. The molecular formula is C26H39N5O7. The average Bonchev–Trinajstić information content (AvgIpc) is 2.86. The predicted molar refractivity (Wildman–Crippen MR) is 140 cm³/mol.